The Hall–Kier alpha value is -3.12. The molecule has 0 saturated heterocycles. The lowest BCUT2D eigenvalue weighted by Crippen LogP contribution is -2.14. The predicted octanol–water partition coefficient (Wildman–Crippen LogP) is 2.69. The van der Waals surface area contributed by atoms with Gasteiger partial charge in [0.15, 0.2) is 0 Å². The number of carbonyl (C=O) groups is 1. The molecule has 0 atom stereocenters. The first-order valence-corrected chi connectivity index (χ1v) is 7.14. The number of pyridine rings is 1. The van der Waals surface area contributed by atoms with Gasteiger partial charge >= 0.3 is 0 Å². The number of hydrogen-bond acceptors (Lipinski definition) is 4. The third kappa shape index (κ3) is 3.38. The van der Waals surface area contributed by atoms with Crippen LogP contribution in [0.5, 0.6) is 0 Å². The van der Waals surface area contributed by atoms with Crippen LogP contribution in [0.2, 0.25) is 0 Å². The van der Waals surface area contributed by atoms with Crippen LogP contribution in [0.25, 0.3) is 17.1 Å². The van der Waals surface area contributed by atoms with Crippen molar-refractivity contribution in [2.75, 3.05) is 5.32 Å². The van der Waals surface area contributed by atoms with E-state index in [4.69, 9.17) is 5.21 Å². The highest BCUT2D eigenvalue weighted by atomic mass is 16.5. The second kappa shape index (κ2) is 6.76. The number of hydrogen-bond donors (Lipinski definition) is 4. The second-order valence-electron chi connectivity index (χ2n) is 4.96. The molecule has 23 heavy (non-hydrogen) atoms. The number of aromatic amines is 1. The third-order valence-corrected chi connectivity index (χ3v) is 3.49. The quantitative estimate of drug-likeness (QED) is 0.331. The van der Waals surface area contributed by atoms with E-state index in [1.807, 2.05) is 42.6 Å². The molecule has 3 aromatic rings. The van der Waals surface area contributed by atoms with Crippen molar-refractivity contribution < 1.29 is 10.0 Å². The van der Waals surface area contributed by atoms with Crippen LogP contribution >= 0.6 is 0 Å². The zero-order valence-corrected chi connectivity index (χ0v) is 12.3. The van der Waals surface area contributed by atoms with Gasteiger partial charge in [0, 0.05) is 36.1 Å². The summed E-state index contributed by atoms with van der Waals surface area (Å²) >= 11 is 0. The molecule has 3 rings (SSSR count). The van der Waals surface area contributed by atoms with Crippen molar-refractivity contribution in [3.8, 4) is 0 Å². The van der Waals surface area contributed by atoms with Crippen LogP contribution in [0.15, 0.2) is 54.9 Å². The number of nitrogens with zero attached hydrogens (tertiary/aromatic N) is 1. The smallest absolute Gasteiger partial charge is 0.267 e. The first kappa shape index (κ1) is 14.8. The molecule has 2 heterocycles. The Bertz CT molecular complexity index is 854. The largest absolute Gasteiger partial charge is 0.380 e. The Kier molecular flexibility index (Phi) is 4.35. The molecule has 1 aromatic carbocycles. The van der Waals surface area contributed by atoms with Gasteiger partial charge in [-0.1, -0.05) is 18.2 Å². The van der Waals surface area contributed by atoms with Gasteiger partial charge in [0.2, 0.25) is 0 Å². The van der Waals surface area contributed by atoms with Crippen LogP contribution in [0.1, 0.15) is 11.1 Å². The number of para-hydroxylation sites is 1. The van der Waals surface area contributed by atoms with Crippen molar-refractivity contribution in [3.05, 3.63) is 66.0 Å². The first-order chi connectivity index (χ1) is 11.3. The lowest BCUT2D eigenvalue weighted by atomic mass is 10.1. The highest BCUT2D eigenvalue weighted by Gasteiger charge is 2.05. The van der Waals surface area contributed by atoms with E-state index in [2.05, 4.69) is 15.3 Å². The summed E-state index contributed by atoms with van der Waals surface area (Å²) in [6.07, 6.45) is 6.60. The van der Waals surface area contributed by atoms with E-state index in [9.17, 15) is 4.79 Å². The zero-order chi connectivity index (χ0) is 16.1. The molecule has 0 saturated carbocycles. The van der Waals surface area contributed by atoms with Gasteiger partial charge in [-0.3, -0.25) is 10.0 Å². The molecule has 0 unspecified atom stereocenters. The molecule has 2 aromatic heterocycles. The van der Waals surface area contributed by atoms with Gasteiger partial charge in [0.1, 0.15) is 5.65 Å². The van der Waals surface area contributed by atoms with Gasteiger partial charge < -0.3 is 10.3 Å². The minimum Gasteiger partial charge on any atom is -0.380 e. The number of aromatic nitrogens is 2. The van der Waals surface area contributed by atoms with Gasteiger partial charge in [-0.25, -0.2) is 10.5 Å². The summed E-state index contributed by atoms with van der Waals surface area (Å²) < 4.78 is 0. The standard InChI is InChI=1S/C17H16N4O2/c22-16(21-23)8-7-12-4-1-2-6-15(12)19-10-13-11-20-17-14(13)5-3-9-18-17/h1-9,11,19,23H,10H2,(H,18,20)(H,21,22)/b8-7+. The second-order valence-corrected chi connectivity index (χ2v) is 4.96. The van der Waals surface area contributed by atoms with Crippen molar-refractivity contribution in [3.63, 3.8) is 0 Å². The van der Waals surface area contributed by atoms with E-state index in [1.54, 1.807) is 17.8 Å². The van der Waals surface area contributed by atoms with Gasteiger partial charge in [-0.15, -0.1) is 0 Å². The normalized spacial score (nSPS) is 11.0. The number of H-pyrrole nitrogens is 1. The van der Waals surface area contributed by atoms with Crippen LogP contribution in [-0.2, 0) is 11.3 Å². The summed E-state index contributed by atoms with van der Waals surface area (Å²) in [5.41, 5.74) is 5.29. The maximum Gasteiger partial charge on any atom is 0.267 e. The van der Waals surface area contributed by atoms with Crippen LogP contribution in [0, 0.1) is 0 Å². The number of benzene rings is 1. The summed E-state index contributed by atoms with van der Waals surface area (Å²) in [4.78, 5) is 18.5. The summed E-state index contributed by atoms with van der Waals surface area (Å²) in [7, 11) is 0. The van der Waals surface area contributed by atoms with Crippen LogP contribution in [-0.4, -0.2) is 21.1 Å². The highest BCUT2D eigenvalue weighted by molar-refractivity contribution is 5.91. The molecule has 4 N–H and O–H groups in total. The number of anilines is 1. The number of hydroxylamine groups is 1. The van der Waals surface area contributed by atoms with Gasteiger partial charge in [0.25, 0.3) is 5.91 Å². The molecular weight excluding hydrogens is 292 g/mol. The maximum absolute atomic E-state index is 11.1. The van der Waals surface area contributed by atoms with Gasteiger partial charge in [-0.05, 0) is 35.4 Å². The third-order valence-electron chi connectivity index (χ3n) is 3.49. The topological polar surface area (TPSA) is 90.0 Å². The molecule has 0 aliphatic rings. The molecule has 116 valence electrons. The Morgan fingerprint density at radius 3 is 3.00 bits per heavy atom. The Morgan fingerprint density at radius 2 is 2.13 bits per heavy atom. The number of nitrogens with one attached hydrogen (secondary N) is 3. The fraction of sp³-hybridized carbons (Fsp3) is 0.0588. The van der Waals surface area contributed by atoms with Gasteiger partial charge in [0.05, 0.1) is 0 Å². The van der Waals surface area contributed by atoms with Crippen molar-refractivity contribution >= 4 is 28.7 Å². The van der Waals surface area contributed by atoms with E-state index in [1.165, 1.54) is 6.08 Å². The van der Waals surface area contributed by atoms with Crippen molar-refractivity contribution in [1.82, 2.24) is 15.4 Å². The minimum atomic E-state index is -0.567. The summed E-state index contributed by atoms with van der Waals surface area (Å²) in [5.74, 6) is -0.567. The van der Waals surface area contributed by atoms with Crippen LogP contribution in [0.3, 0.4) is 0 Å². The summed E-state index contributed by atoms with van der Waals surface area (Å²) in [5, 5.41) is 13.0. The van der Waals surface area contributed by atoms with E-state index >= 15 is 0 Å². The maximum atomic E-state index is 11.1. The van der Waals surface area contributed by atoms with Crippen LogP contribution in [0.4, 0.5) is 5.69 Å². The number of rotatable bonds is 5. The molecule has 0 bridgehead atoms. The molecular formula is C17H16N4O2. The average molecular weight is 308 g/mol. The number of carbonyl (C=O) groups excluding carboxylic acids is 1. The lowest BCUT2D eigenvalue weighted by molar-refractivity contribution is -0.124. The Morgan fingerprint density at radius 1 is 1.26 bits per heavy atom. The highest BCUT2D eigenvalue weighted by Crippen LogP contribution is 2.20. The predicted molar refractivity (Wildman–Crippen MR) is 88.8 cm³/mol. The summed E-state index contributed by atoms with van der Waals surface area (Å²) in [6.45, 7) is 0.628. The van der Waals surface area contributed by atoms with Crippen molar-refractivity contribution in [2.24, 2.45) is 0 Å². The van der Waals surface area contributed by atoms with E-state index in [0.29, 0.717) is 6.54 Å². The van der Waals surface area contributed by atoms with E-state index in [0.717, 1.165) is 27.8 Å². The molecule has 0 aliphatic heterocycles. The molecule has 6 nitrogen and oxygen atoms in total. The number of fused-ring (bicyclic) bond motifs is 1. The molecule has 0 fully saturated rings. The molecule has 0 aliphatic carbocycles. The van der Waals surface area contributed by atoms with Crippen LogP contribution < -0.4 is 10.8 Å². The monoisotopic (exact) mass is 308 g/mol. The molecule has 6 heteroatoms. The first-order valence-electron chi connectivity index (χ1n) is 7.14. The fourth-order valence-corrected chi connectivity index (χ4v) is 2.36. The average Bonchev–Trinajstić information content (AvgIpc) is 3.01. The molecule has 0 spiro atoms. The lowest BCUT2D eigenvalue weighted by Gasteiger charge is -2.09. The SMILES string of the molecule is O=C(/C=C/c1ccccc1NCc1c[nH]c2ncccc12)NO. The molecule has 1 amide bonds. The minimum absolute atomic E-state index is 0.567. The molecule has 0 radical (unpaired) electrons. The number of amides is 1. The van der Waals surface area contributed by atoms with Gasteiger partial charge in [-0.2, -0.15) is 0 Å². The van der Waals surface area contributed by atoms with E-state index in [-0.39, 0.29) is 0 Å². The summed E-state index contributed by atoms with van der Waals surface area (Å²) in [6, 6.07) is 11.6. The zero-order valence-electron chi connectivity index (χ0n) is 12.3. The Balaban J connectivity index is 1.78. The Labute approximate surface area is 132 Å². The van der Waals surface area contributed by atoms with Crippen molar-refractivity contribution in [2.45, 2.75) is 6.54 Å². The fourth-order valence-electron chi connectivity index (χ4n) is 2.36. The van der Waals surface area contributed by atoms with Crippen molar-refractivity contribution in [1.29, 1.82) is 0 Å². The van der Waals surface area contributed by atoms with E-state index < -0.39 is 5.91 Å².